The van der Waals surface area contributed by atoms with Gasteiger partial charge in [0.15, 0.2) is 6.10 Å². The topological polar surface area (TPSA) is 38.3 Å². The summed E-state index contributed by atoms with van der Waals surface area (Å²) in [5, 5.41) is 2.83. The maximum atomic E-state index is 13.0. The number of thioether (sulfide) groups is 1. The largest absolute Gasteiger partial charge is 0.480 e. The molecule has 1 amide bonds. The molecule has 0 bridgehead atoms. The van der Waals surface area contributed by atoms with Gasteiger partial charge in [-0.1, -0.05) is 18.2 Å². The summed E-state index contributed by atoms with van der Waals surface area (Å²) in [7, 11) is 0. The molecule has 6 heteroatoms. The number of carbonyl (C=O) groups is 1. The SMILES string of the molecule is CC(Oc1ccc(F)cc1Br)C(=O)NCCSc1ccccc1. The minimum absolute atomic E-state index is 0.199. The molecule has 1 N–H and O–H groups in total. The van der Waals surface area contributed by atoms with Gasteiger partial charge in [0.05, 0.1) is 4.47 Å². The van der Waals surface area contributed by atoms with Gasteiger partial charge in [0, 0.05) is 17.2 Å². The van der Waals surface area contributed by atoms with Crippen molar-refractivity contribution >= 4 is 33.6 Å². The van der Waals surface area contributed by atoms with E-state index in [4.69, 9.17) is 4.74 Å². The third-order valence-corrected chi connectivity index (χ3v) is 4.61. The summed E-state index contributed by atoms with van der Waals surface area (Å²) in [6, 6.07) is 14.1. The Bertz CT molecular complexity index is 654. The molecule has 2 aromatic rings. The Morgan fingerprint density at radius 1 is 1.30 bits per heavy atom. The van der Waals surface area contributed by atoms with Crippen molar-refractivity contribution in [2.45, 2.75) is 17.9 Å². The quantitative estimate of drug-likeness (QED) is 0.560. The number of amides is 1. The van der Waals surface area contributed by atoms with Crippen molar-refractivity contribution in [1.82, 2.24) is 5.32 Å². The highest BCUT2D eigenvalue weighted by molar-refractivity contribution is 9.10. The van der Waals surface area contributed by atoms with Crippen molar-refractivity contribution in [2.75, 3.05) is 12.3 Å². The standard InChI is InChI=1S/C17H17BrFNO2S/c1-12(22-16-8-7-13(19)11-15(16)18)17(21)20-9-10-23-14-5-3-2-4-6-14/h2-8,11-12H,9-10H2,1H3,(H,20,21). The van der Waals surface area contributed by atoms with Crippen LogP contribution in [0.15, 0.2) is 57.9 Å². The molecule has 3 nitrogen and oxygen atoms in total. The highest BCUT2D eigenvalue weighted by Gasteiger charge is 2.15. The molecule has 0 saturated carbocycles. The van der Waals surface area contributed by atoms with E-state index in [1.807, 2.05) is 30.3 Å². The van der Waals surface area contributed by atoms with Crippen LogP contribution in [0.4, 0.5) is 4.39 Å². The molecule has 0 spiro atoms. The Hall–Kier alpha value is -1.53. The molecule has 2 aromatic carbocycles. The van der Waals surface area contributed by atoms with E-state index in [2.05, 4.69) is 21.2 Å². The fourth-order valence-electron chi connectivity index (χ4n) is 1.82. The first-order valence-corrected chi connectivity index (χ1v) is 8.91. The number of benzene rings is 2. The van der Waals surface area contributed by atoms with E-state index in [0.29, 0.717) is 16.8 Å². The van der Waals surface area contributed by atoms with Crippen molar-refractivity contribution < 1.29 is 13.9 Å². The predicted octanol–water partition coefficient (Wildman–Crippen LogP) is 4.26. The van der Waals surface area contributed by atoms with Crippen LogP contribution in [-0.2, 0) is 4.79 Å². The molecule has 0 aromatic heterocycles. The zero-order valence-electron chi connectivity index (χ0n) is 12.6. The van der Waals surface area contributed by atoms with Gasteiger partial charge in [0.1, 0.15) is 11.6 Å². The Balaban J connectivity index is 1.74. The molecular weight excluding hydrogens is 381 g/mol. The lowest BCUT2D eigenvalue weighted by Crippen LogP contribution is -2.37. The van der Waals surface area contributed by atoms with Crippen LogP contribution < -0.4 is 10.1 Å². The van der Waals surface area contributed by atoms with Crippen molar-refractivity contribution in [1.29, 1.82) is 0 Å². The van der Waals surface area contributed by atoms with Crippen LogP contribution in [0, 0.1) is 5.82 Å². The van der Waals surface area contributed by atoms with Gasteiger partial charge >= 0.3 is 0 Å². The number of hydrogen-bond donors (Lipinski definition) is 1. The molecule has 2 rings (SSSR count). The van der Waals surface area contributed by atoms with Crippen LogP contribution in [-0.4, -0.2) is 24.3 Å². The molecule has 0 aliphatic heterocycles. The van der Waals surface area contributed by atoms with Gasteiger partial charge in [-0.05, 0) is 53.2 Å². The number of ether oxygens (including phenoxy) is 1. The lowest BCUT2D eigenvalue weighted by molar-refractivity contribution is -0.127. The zero-order valence-corrected chi connectivity index (χ0v) is 15.0. The van der Waals surface area contributed by atoms with Gasteiger partial charge in [0.25, 0.3) is 5.91 Å². The normalized spacial score (nSPS) is 11.8. The van der Waals surface area contributed by atoms with E-state index in [-0.39, 0.29) is 11.7 Å². The number of halogens is 2. The van der Waals surface area contributed by atoms with Crippen molar-refractivity contribution in [2.24, 2.45) is 0 Å². The Morgan fingerprint density at radius 2 is 2.04 bits per heavy atom. The van der Waals surface area contributed by atoms with Crippen LogP contribution in [0.5, 0.6) is 5.75 Å². The minimum Gasteiger partial charge on any atom is -0.480 e. The second-order valence-corrected chi connectivity index (χ2v) is 6.81. The second-order valence-electron chi connectivity index (χ2n) is 4.79. The van der Waals surface area contributed by atoms with E-state index in [0.717, 1.165) is 5.75 Å². The fourth-order valence-corrected chi connectivity index (χ4v) is 3.05. The minimum atomic E-state index is -0.654. The molecular formula is C17H17BrFNO2S. The Kier molecular flexibility index (Phi) is 6.92. The molecule has 0 radical (unpaired) electrons. The lowest BCUT2D eigenvalue weighted by atomic mass is 10.3. The number of rotatable bonds is 7. The van der Waals surface area contributed by atoms with Gasteiger partial charge in [-0.3, -0.25) is 4.79 Å². The van der Waals surface area contributed by atoms with Crippen molar-refractivity contribution in [3.05, 3.63) is 58.8 Å². The summed E-state index contributed by atoms with van der Waals surface area (Å²) in [4.78, 5) is 13.2. The first-order valence-electron chi connectivity index (χ1n) is 7.13. The van der Waals surface area contributed by atoms with E-state index < -0.39 is 6.10 Å². The summed E-state index contributed by atoms with van der Waals surface area (Å²) in [5.41, 5.74) is 0. The average molecular weight is 398 g/mol. The van der Waals surface area contributed by atoms with Gasteiger partial charge in [0.2, 0.25) is 0 Å². The highest BCUT2D eigenvalue weighted by Crippen LogP contribution is 2.26. The molecule has 0 heterocycles. The monoisotopic (exact) mass is 397 g/mol. The van der Waals surface area contributed by atoms with Crippen LogP contribution in [0.2, 0.25) is 0 Å². The maximum absolute atomic E-state index is 13.0. The lowest BCUT2D eigenvalue weighted by Gasteiger charge is -2.15. The molecule has 0 aliphatic carbocycles. The summed E-state index contributed by atoms with van der Waals surface area (Å²) in [6.07, 6.45) is -0.654. The smallest absolute Gasteiger partial charge is 0.260 e. The fraction of sp³-hybridized carbons (Fsp3) is 0.235. The van der Waals surface area contributed by atoms with E-state index in [9.17, 15) is 9.18 Å². The summed E-state index contributed by atoms with van der Waals surface area (Å²) in [5.74, 6) is 0.657. The van der Waals surface area contributed by atoms with Gasteiger partial charge in [-0.15, -0.1) is 11.8 Å². The Labute approximate surface area is 147 Å². The van der Waals surface area contributed by atoms with Gasteiger partial charge in [-0.25, -0.2) is 4.39 Å². The van der Waals surface area contributed by atoms with Gasteiger partial charge < -0.3 is 10.1 Å². The zero-order chi connectivity index (χ0) is 16.7. The second kappa shape index (κ2) is 8.93. The van der Waals surface area contributed by atoms with Crippen LogP contribution in [0.3, 0.4) is 0 Å². The third-order valence-electron chi connectivity index (χ3n) is 2.98. The number of hydrogen-bond acceptors (Lipinski definition) is 3. The maximum Gasteiger partial charge on any atom is 0.260 e. The summed E-state index contributed by atoms with van der Waals surface area (Å²) in [6.45, 7) is 2.21. The highest BCUT2D eigenvalue weighted by atomic mass is 79.9. The molecule has 1 atom stereocenters. The molecule has 0 aliphatic rings. The molecule has 1 unspecified atom stereocenters. The third kappa shape index (κ3) is 5.88. The molecule has 122 valence electrons. The Morgan fingerprint density at radius 3 is 2.74 bits per heavy atom. The van der Waals surface area contributed by atoms with E-state index >= 15 is 0 Å². The van der Waals surface area contributed by atoms with Gasteiger partial charge in [-0.2, -0.15) is 0 Å². The first-order chi connectivity index (χ1) is 11.1. The number of carbonyl (C=O) groups excluding carboxylic acids is 1. The van der Waals surface area contributed by atoms with Crippen LogP contribution in [0.25, 0.3) is 0 Å². The summed E-state index contributed by atoms with van der Waals surface area (Å²) >= 11 is 4.89. The van der Waals surface area contributed by atoms with E-state index in [1.54, 1.807) is 18.7 Å². The predicted molar refractivity (Wildman–Crippen MR) is 94.4 cm³/mol. The van der Waals surface area contributed by atoms with Crippen LogP contribution in [0.1, 0.15) is 6.92 Å². The average Bonchev–Trinajstić information content (AvgIpc) is 2.55. The van der Waals surface area contributed by atoms with Crippen molar-refractivity contribution in [3.63, 3.8) is 0 Å². The molecule has 0 fully saturated rings. The summed E-state index contributed by atoms with van der Waals surface area (Å²) < 4.78 is 19.0. The van der Waals surface area contributed by atoms with Crippen molar-refractivity contribution in [3.8, 4) is 5.75 Å². The van der Waals surface area contributed by atoms with Crippen LogP contribution >= 0.6 is 27.7 Å². The van der Waals surface area contributed by atoms with E-state index in [1.165, 1.54) is 23.1 Å². The first kappa shape index (κ1) is 17.8. The number of nitrogens with one attached hydrogen (secondary N) is 1. The molecule has 23 heavy (non-hydrogen) atoms. The molecule has 0 saturated heterocycles.